The van der Waals surface area contributed by atoms with E-state index in [2.05, 4.69) is 15.3 Å². The Balaban J connectivity index is 1.99. The molecule has 0 atom stereocenters. The number of allylic oxidation sites excluding steroid dienone is 1. The molecule has 142 valence electrons. The Labute approximate surface area is 155 Å². The number of hydrogen-bond acceptors (Lipinski definition) is 7. The molecule has 0 aliphatic carbocycles. The van der Waals surface area contributed by atoms with Crippen molar-refractivity contribution in [3.63, 3.8) is 0 Å². The van der Waals surface area contributed by atoms with E-state index in [0.29, 0.717) is 39.3 Å². The summed E-state index contributed by atoms with van der Waals surface area (Å²) < 4.78 is 4.90. The minimum Gasteiger partial charge on any atom is -0.465 e. The van der Waals surface area contributed by atoms with Crippen LogP contribution in [0.2, 0.25) is 0 Å². The van der Waals surface area contributed by atoms with Crippen LogP contribution < -0.4 is 11.7 Å². The maximum Gasteiger partial charge on any atom is 0.338 e. The number of methoxy groups -OCH3 is 1. The Kier molecular flexibility index (Phi) is 4.82. The van der Waals surface area contributed by atoms with E-state index in [9.17, 15) is 9.59 Å². The summed E-state index contributed by atoms with van der Waals surface area (Å²) in [5.74, 6) is 11.0. The van der Waals surface area contributed by atoms with Gasteiger partial charge >= 0.3 is 5.97 Å². The minimum atomic E-state index is -0.519. The second-order valence-corrected chi connectivity index (χ2v) is 6.20. The van der Waals surface area contributed by atoms with E-state index >= 15 is 0 Å². The quantitative estimate of drug-likeness (QED) is 0.390. The van der Waals surface area contributed by atoms with E-state index in [1.165, 1.54) is 12.1 Å². The smallest absolute Gasteiger partial charge is 0.338 e. The molecular formula is C17H21N7O3. The van der Waals surface area contributed by atoms with Crippen LogP contribution >= 0.6 is 0 Å². The Morgan fingerprint density at radius 2 is 2.15 bits per heavy atom. The molecule has 0 fully saturated rings. The van der Waals surface area contributed by atoms with Crippen molar-refractivity contribution in [2.45, 2.75) is 13.3 Å². The number of esters is 1. The molecular weight excluding hydrogens is 350 g/mol. The third kappa shape index (κ3) is 3.10. The monoisotopic (exact) mass is 371 g/mol. The molecule has 0 radical (unpaired) electrons. The second kappa shape index (κ2) is 7.08. The van der Waals surface area contributed by atoms with Crippen molar-refractivity contribution < 1.29 is 14.3 Å². The van der Waals surface area contributed by atoms with Crippen LogP contribution in [0.3, 0.4) is 0 Å². The van der Waals surface area contributed by atoms with Gasteiger partial charge in [0.15, 0.2) is 5.78 Å². The molecule has 0 spiro atoms. The number of carbonyl (C=O) groups is 2. The number of aromatic nitrogens is 2. The average Bonchev–Trinajstić information content (AvgIpc) is 3.12. The van der Waals surface area contributed by atoms with Gasteiger partial charge in [0, 0.05) is 30.1 Å². The highest BCUT2D eigenvalue weighted by Crippen LogP contribution is 2.25. The molecule has 0 saturated heterocycles. The van der Waals surface area contributed by atoms with Crippen LogP contribution in [0.15, 0.2) is 34.7 Å². The largest absolute Gasteiger partial charge is 0.465 e. The highest BCUT2D eigenvalue weighted by atomic mass is 16.5. The summed E-state index contributed by atoms with van der Waals surface area (Å²) in [6, 6.07) is 3.50. The molecule has 1 aliphatic heterocycles. The summed E-state index contributed by atoms with van der Waals surface area (Å²) in [5, 5.41) is 12.3. The van der Waals surface area contributed by atoms with Gasteiger partial charge in [-0.15, -0.1) is 5.10 Å². The molecule has 0 saturated carbocycles. The van der Waals surface area contributed by atoms with E-state index < -0.39 is 5.97 Å². The molecule has 10 nitrogen and oxygen atoms in total. The van der Waals surface area contributed by atoms with E-state index in [0.717, 1.165) is 0 Å². The van der Waals surface area contributed by atoms with Crippen LogP contribution in [0.5, 0.6) is 0 Å². The highest BCUT2D eigenvalue weighted by Gasteiger charge is 2.29. The standard InChI is InChI=1S/C17H21N7O3/c1-9-12(8-24(19)17(21-18)23(9)2)14(25)6-10-4-5-13-11(7-20-22-13)15(10)16(26)27-3/h4-5,7H,6,8,18-19H2,1-3H3,(H,20,22)/b21-17-. The summed E-state index contributed by atoms with van der Waals surface area (Å²) >= 11 is 0. The van der Waals surface area contributed by atoms with Gasteiger partial charge in [-0.1, -0.05) is 6.07 Å². The Morgan fingerprint density at radius 3 is 2.81 bits per heavy atom. The van der Waals surface area contributed by atoms with Crippen molar-refractivity contribution >= 4 is 28.6 Å². The molecule has 1 aromatic carbocycles. The number of benzene rings is 1. The zero-order chi connectivity index (χ0) is 19.7. The zero-order valence-corrected chi connectivity index (χ0v) is 15.3. The molecule has 0 unspecified atom stereocenters. The molecule has 3 rings (SSSR count). The SMILES string of the molecule is COC(=O)c1c(CC(=O)C2=C(C)N(C)/C(=N/N)N(N)C2)ccc2[nH]ncc12. The lowest BCUT2D eigenvalue weighted by molar-refractivity contribution is -0.115. The first-order valence-electron chi connectivity index (χ1n) is 8.19. The molecule has 27 heavy (non-hydrogen) atoms. The highest BCUT2D eigenvalue weighted by molar-refractivity contribution is 6.07. The lowest BCUT2D eigenvalue weighted by atomic mass is 9.95. The molecule has 10 heteroatoms. The van der Waals surface area contributed by atoms with Gasteiger partial charge < -0.3 is 15.5 Å². The summed E-state index contributed by atoms with van der Waals surface area (Å²) in [5.41, 5.74) is 2.81. The maximum absolute atomic E-state index is 13.0. The Hall–Kier alpha value is -3.40. The molecule has 2 heterocycles. The second-order valence-electron chi connectivity index (χ2n) is 6.20. The predicted octanol–water partition coefficient (Wildman–Crippen LogP) is 0.0859. The van der Waals surface area contributed by atoms with Crippen molar-refractivity contribution in [3.05, 3.63) is 40.7 Å². The Bertz CT molecular complexity index is 976. The number of carbonyl (C=O) groups excluding carboxylic acids is 2. The number of Topliss-reactive ketones (excluding diaryl/α,β-unsaturated/α-hetero) is 1. The van der Waals surface area contributed by atoms with Crippen molar-refractivity contribution in [3.8, 4) is 0 Å². The molecule has 5 N–H and O–H groups in total. The lowest BCUT2D eigenvalue weighted by Gasteiger charge is -2.35. The number of fused-ring (bicyclic) bond motifs is 1. The first-order chi connectivity index (χ1) is 12.9. The summed E-state index contributed by atoms with van der Waals surface area (Å²) in [4.78, 5) is 26.9. The number of nitrogens with zero attached hydrogens (tertiary/aromatic N) is 4. The number of ether oxygens (including phenoxy) is 1. The minimum absolute atomic E-state index is 0.0228. The van der Waals surface area contributed by atoms with Crippen molar-refractivity contribution in [2.75, 3.05) is 20.7 Å². The molecule has 2 aromatic rings. The number of guanidine groups is 1. The van der Waals surface area contributed by atoms with Crippen LogP contribution in [0.4, 0.5) is 0 Å². The van der Waals surface area contributed by atoms with Crippen LogP contribution in [0.1, 0.15) is 22.8 Å². The van der Waals surface area contributed by atoms with Gasteiger partial charge in [-0.3, -0.25) is 14.9 Å². The fourth-order valence-electron chi connectivity index (χ4n) is 3.18. The van der Waals surface area contributed by atoms with Crippen LogP contribution in [0, 0.1) is 0 Å². The van der Waals surface area contributed by atoms with Gasteiger partial charge in [-0.25, -0.2) is 10.6 Å². The summed E-state index contributed by atoms with van der Waals surface area (Å²) in [7, 11) is 3.03. The van der Waals surface area contributed by atoms with E-state index in [4.69, 9.17) is 16.4 Å². The van der Waals surface area contributed by atoms with Crippen molar-refractivity contribution in [1.82, 2.24) is 20.1 Å². The van der Waals surface area contributed by atoms with Gasteiger partial charge in [0.1, 0.15) is 0 Å². The number of ketones is 1. The first kappa shape index (κ1) is 18.4. The predicted molar refractivity (Wildman–Crippen MR) is 99.1 cm³/mol. The van der Waals surface area contributed by atoms with Crippen LogP contribution in [0.25, 0.3) is 10.9 Å². The summed E-state index contributed by atoms with van der Waals surface area (Å²) in [6.07, 6.45) is 1.56. The number of hydrazone groups is 1. The topological polar surface area (TPSA) is 143 Å². The average molecular weight is 371 g/mol. The van der Waals surface area contributed by atoms with Gasteiger partial charge in [0.05, 0.1) is 30.9 Å². The van der Waals surface area contributed by atoms with E-state index in [1.54, 1.807) is 37.2 Å². The number of nitrogens with one attached hydrogen (secondary N) is 1. The molecule has 1 aliphatic rings. The maximum atomic E-state index is 13.0. The van der Waals surface area contributed by atoms with Gasteiger partial charge in [0.25, 0.3) is 0 Å². The van der Waals surface area contributed by atoms with Crippen LogP contribution in [-0.4, -0.2) is 58.5 Å². The molecule has 0 amide bonds. The zero-order valence-electron chi connectivity index (χ0n) is 15.3. The van der Waals surface area contributed by atoms with E-state index in [1.807, 2.05) is 0 Å². The number of H-pyrrole nitrogens is 1. The van der Waals surface area contributed by atoms with Gasteiger partial charge in [-0.2, -0.15) is 5.10 Å². The molecule has 1 aromatic heterocycles. The van der Waals surface area contributed by atoms with Gasteiger partial charge in [0.2, 0.25) is 5.96 Å². The lowest BCUT2D eigenvalue weighted by Crippen LogP contribution is -2.52. The number of nitrogens with two attached hydrogens (primary N) is 2. The number of hydrogen-bond donors (Lipinski definition) is 3. The Morgan fingerprint density at radius 1 is 1.41 bits per heavy atom. The van der Waals surface area contributed by atoms with Crippen LogP contribution in [-0.2, 0) is 16.0 Å². The first-order valence-corrected chi connectivity index (χ1v) is 8.19. The fourth-order valence-corrected chi connectivity index (χ4v) is 3.18. The van der Waals surface area contributed by atoms with E-state index in [-0.39, 0.29) is 18.7 Å². The third-order valence-corrected chi connectivity index (χ3v) is 4.73. The van der Waals surface area contributed by atoms with Crippen molar-refractivity contribution in [2.24, 2.45) is 16.8 Å². The fraction of sp³-hybridized carbons (Fsp3) is 0.294. The van der Waals surface area contributed by atoms with Crippen molar-refractivity contribution in [1.29, 1.82) is 0 Å². The normalized spacial score (nSPS) is 16.4. The number of aromatic amines is 1. The summed E-state index contributed by atoms with van der Waals surface area (Å²) in [6.45, 7) is 1.97. The third-order valence-electron chi connectivity index (χ3n) is 4.73. The molecule has 0 bridgehead atoms. The number of hydrazine groups is 1. The van der Waals surface area contributed by atoms with Gasteiger partial charge in [-0.05, 0) is 18.6 Å². The number of rotatable bonds is 4.